The molecule has 1 aliphatic heterocycles. The molecule has 2 rings (SSSR count). The minimum Gasteiger partial charge on any atom is -0.481 e. The van der Waals surface area contributed by atoms with E-state index in [2.05, 4.69) is 0 Å². The van der Waals surface area contributed by atoms with E-state index in [4.69, 9.17) is 9.52 Å². The standard InChI is InChI=1S/C11H13NO4/c13-10(14)7-8-3-4-9(16-8)11(15)12-5-1-2-6-12/h3-4H,1-2,5-7H2,(H,13,14). The lowest BCUT2D eigenvalue weighted by atomic mass is 10.3. The van der Waals surface area contributed by atoms with Gasteiger partial charge < -0.3 is 14.4 Å². The molecule has 1 fully saturated rings. The van der Waals surface area contributed by atoms with Crippen molar-refractivity contribution in [2.24, 2.45) is 0 Å². The quantitative estimate of drug-likeness (QED) is 0.834. The Hall–Kier alpha value is -1.78. The van der Waals surface area contributed by atoms with Crippen LogP contribution < -0.4 is 0 Å². The maximum Gasteiger partial charge on any atom is 0.311 e. The van der Waals surface area contributed by atoms with Gasteiger partial charge in [-0.15, -0.1) is 0 Å². The van der Waals surface area contributed by atoms with Gasteiger partial charge in [-0.2, -0.15) is 0 Å². The summed E-state index contributed by atoms with van der Waals surface area (Å²) in [4.78, 5) is 24.0. The fourth-order valence-electron chi connectivity index (χ4n) is 1.81. The van der Waals surface area contributed by atoms with E-state index in [1.165, 1.54) is 6.07 Å². The van der Waals surface area contributed by atoms with Crippen molar-refractivity contribution in [1.29, 1.82) is 0 Å². The summed E-state index contributed by atoms with van der Waals surface area (Å²) in [6, 6.07) is 3.08. The van der Waals surface area contributed by atoms with Crippen molar-refractivity contribution >= 4 is 11.9 Å². The molecular weight excluding hydrogens is 210 g/mol. The number of likely N-dealkylation sites (tertiary alicyclic amines) is 1. The number of amides is 1. The highest BCUT2D eigenvalue weighted by molar-refractivity contribution is 5.91. The van der Waals surface area contributed by atoms with E-state index in [0.29, 0.717) is 5.76 Å². The van der Waals surface area contributed by atoms with Gasteiger partial charge in [-0.25, -0.2) is 0 Å². The molecule has 1 saturated heterocycles. The van der Waals surface area contributed by atoms with E-state index in [-0.39, 0.29) is 18.1 Å². The molecule has 0 aromatic carbocycles. The van der Waals surface area contributed by atoms with E-state index < -0.39 is 5.97 Å². The Bertz CT molecular complexity index is 404. The smallest absolute Gasteiger partial charge is 0.311 e. The molecule has 0 spiro atoms. The van der Waals surface area contributed by atoms with Crippen LogP contribution in [0.4, 0.5) is 0 Å². The highest BCUT2D eigenvalue weighted by atomic mass is 16.4. The summed E-state index contributed by atoms with van der Waals surface area (Å²) < 4.78 is 5.20. The molecule has 0 saturated carbocycles. The summed E-state index contributed by atoms with van der Waals surface area (Å²) in [5, 5.41) is 8.57. The SMILES string of the molecule is O=C(O)Cc1ccc(C(=O)N2CCCC2)o1. The molecule has 0 bridgehead atoms. The first-order valence-corrected chi connectivity index (χ1v) is 5.26. The highest BCUT2D eigenvalue weighted by Gasteiger charge is 2.22. The van der Waals surface area contributed by atoms with Gasteiger partial charge in [0.05, 0.1) is 0 Å². The van der Waals surface area contributed by atoms with Crippen LogP contribution in [0.1, 0.15) is 29.2 Å². The minimum atomic E-state index is -0.963. The van der Waals surface area contributed by atoms with Crippen molar-refractivity contribution in [3.8, 4) is 0 Å². The van der Waals surface area contributed by atoms with Gasteiger partial charge in [0, 0.05) is 13.1 Å². The second-order valence-corrected chi connectivity index (χ2v) is 3.84. The fourth-order valence-corrected chi connectivity index (χ4v) is 1.81. The molecule has 1 aliphatic rings. The molecule has 0 radical (unpaired) electrons. The fraction of sp³-hybridized carbons (Fsp3) is 0.455. The summed E-state index contributed by atoms with van der Waals surface area (Å²) in [7, 11) is 0. The third-order valence-corrected chi connectivity index (χ3v) is 2.59. The normalized spacial score (nSPS) is 15.4. The summed E-state index contributed by atoms with van der Waals surface area (Å²) >= 11 is 0. The Morgan fingerprint density at radius 3 is 2.62 bits per heavy atom. The Morgan fingerprint density at radius 2 is 2.00 bits per heavy atom. The van der Waals surface area contributed by atoms with Gasteiger partial charge in [0.25, 0.3) is 5.91 Å². The molecular formula is C11H13NO4. The van der Waals surface area contributed by atoms with Gasteiger partial charge in [-0.1, -0.05) is 0 Å². The highest BCUT2D eigenvalue weighted by Crippen LogP contribution is 2.15. The zero-order valence-electron chi connectivity index (χ0n) is 8.81. The van der Waals surface area contributed by atoms with E-state index in [9.17, 15) is 9.59 Å². The maximum atomic E-state index is 11.8. The van der Waals surface area contributed by atoms with Crippen LogP contribution in [0.15, 0.2) is 16.5 Å². The van der Waals surface area contributed by atoms with Crippen molar-refractivity contribution < 1.29 is 19.1 Å². The Kier molecular flexibility index (Phi) is 2.94. The molecule has 86 valence electrons. The average molecular weight is 223 g/mol. The molecule has 0 unspecified atom stereocenters. The number of furan rings is 1. The first kappa shape index (κ1) is 10.7. The Labute approximate surface area is 92.7 Å². The van der Waals surface area contributed by atoms with Gasteiger partial charge in [0.15, 0.2) is 5.76 Å². The lowest BCUT2D eigenvalue weighted by molar-refractivity contribution is -0.136. The third-order valence-electron chi connectivity index (χ3n) is 2.59. The summed E-state index contributed by atoms with van der Waals surface area (Å²) in [6.07, 6.45) is 1.86. The monoisotopic (exact) mass is 223 g/mol. The van der Waals surface area contributed by atoms with Gasteiger partial charge >= 0.3 is 5.97 Å². The number of carboxylic acid groups (broad SMARTS) is 1. The largest absolute Gasteiger partial charge is 0.481 e. The van der Waals surface area contributed by atoms with Crippen LogP contribution in [0, 0.1) is 0 Å². The zero-order valence-corrected chi connectivity index (χ0v) is 8.81. The van der Waals surface area contributed by atoms with Gasteiger partial charge in [0.1, 0.15) is 12.2 Å². The molecule has 0 aliphatic carbocycles. The van der Waals surface area contributed by atoms with Crippen LogP contribution in [0.25, 0.3) is 0 Å². The van der Waals surface area contributed by atoms with Crippen molar-refractivity contribution in [2.75, 3.05) is 13.1 Å². The third kappa shape index (κ3) is 2.24. The minimum absolute atomic E-state index is 0.144. The topological polar surface area (TPSA) is 70.8 Å². The van der Waals surface area contributed by atoms with Crippen molar-refractivity contribution in [3.63, 3.8) is 0 Å². The van der Waals surface area contributed by atoms with E-state index in [0.717, 1.165) is 25.9 Å². The lowest BCUT2D eigenvalue weighted by Crippen LogP contribution is -2.27. The molecule has 1 aromatic rings. The first-order chi connectivity index (χ1) is 7.66. The van der Waals surface area contributed by atoms with E-state index >= 15 is 0 Å². The first-order valence-electron chi connectivity index (χ1n) is 5.26. The van der Waals surface area contributed by atoms with Crippen LogP contribution in [0.3, 0.4) is 0 Å². The van der Waals surface area contributed by atoms with Crippen LogP contribution in [0.2, 0.25) is 0 Å². The van der Waals surface area contributed by atoms with Crippen molar-refractivity contribution in [3.05, 3.63) is 23.7 Å². The van der Waals surface area contributed by atoms with Crippen molar-refractivity contribution in [1.82, 2.24) is 4.90 Å². The number of carboxylic acids is 1. The van der Waals surface area contributed by atoms with Gasteiger partial charge in [-0.3, -0.25) is 9.59 Å². The molecule has 2 heterocycles. The summed E-state index contributed by atoms with van der Waals surface area (Å²) in [5.74, 6) is -0.558. The predicted molar refractivity (Wildman–Crippen MR) is 55.2 cm³/mol. The summed E-state index contributed by atoms with van der Waals surface area (Å²) in [6.45, 7) is 1.52. The lowest BCUT2D eigenvalue weighted by Gasteiger charge is -2.12. The maximum absolute atomic E-state index is 11.8. The molecule has 5 nitrogen and oxygen atoms in total. The number of hydrogen-bond acceptors (Lipinski definition) is 3. The molecule has 0 atom stereocenters. The molecule has 16 heavy (non-hydrogen) atoms. The van der Waals surface area contributed by atoms with Crippen LogP contribution in [-0.4, -0.2) is 35.0 Å². The number of rotatable bonds is 3. The Morgan fingerprint density at radius 1 is 1.31 bits per heavy atom. The molecule has 1 aromatic heterocycles. The van der Waals surface area contributed by atoms with Crippen LogP contribution in [-0.2, 0) is 11.2 Å². The molecule has 1 amide bonds. The van der Waals surface area contributed by atoms with E-state index in [1.807, 2.05) is 0 Å². The predicted octanol–water partition coefficient (Wildman–Crippen LogP) is 1.14. The number of nitrogens with zero attached hydrogens (tertiary/aromatic N) is 1. The van der Waals surface area contributed by atoms with Crippen LogP contribution >= 0.6 is 0 Å². The number of carbonyl (C=O) groups excluding carboxylic acids is 1. The van der Waals surface area contributed by atoms with E-state index in [1.54, 1.807) is 11.0 Å². The average Bonchev–Trinajstić information content (AvgIpc) is 2.84. The van der Waals surface area contributed by atoms with Crippen molar-refractivity contribution in [2.45, 2.75) is 19.3 Å². The Balaban J connectivity index is 2.05. The van der Waals surface area contributed by atoms with Gasteiger partial charge in [0.2, 0.25) is 0 Å². The second-order valence-electron chi connectivity index (χ2n) is 3.84. The van der Waals surface area contributed by atoms with Gasteiger partial charge in [-0.05, 0) is 25.0 Å². The second kappa shape index (κ2) is 4.38. The molecule has 5 heteroatoms. The summed E-state index contributed by atoms with van der Waals surface area (Å²) in [5.41, 5.74) is 0. The zero-order chi connectivity index (χ0) is 11.5. The number of aliphatic carboxylic acids is 1. The number of carbonyl (C=O) groups is 2. The van der Waals surface area contributed by atoms with Crippen LogP contribution in [0.5, 0.6) is 0 Å². The molecule has 1 N–H and O–H groups in total. The number of hydrogen-bond donors (Lipinski definition) is 1.